The number of benzene rings is 1. The van der Waals surface area contributed by atoms with Crippen LogP contribution in [0.4, 0.5) is 18.3 Å². The molecular formula is C13H13F3N2O2S. The second kappa shape index (κ2) is 6.77. The number of anilines is 1. The van der Waals surface area contributed by atoms with E-state index in [4.69, 9.17) is 4.74 Å². The summed E-state index contributed by atoms with van der Waals surface area (Å²) in [6.45, 7) is 1.09. The van der Waals surface area contributed by atoms with Gasteiger partial charge in [0.1, 0.15) is 5.75 Å². The summed E-state index contributed by atoms with van der Waals surface area (Å²) in [5.74, 6) is -0.239. The third-order valence-electron chi connectivity index (χ3n) is 2.47. The quantitative estimate of drug-likeness (QED) is 0.824. The Morgan fingerprint density at radius 2 is 2.05 bits per heavy atom. The molecule has 0 fully saturated rings. The molecule has 0 saturated heterocycles. The van der Waals surface area contributed by atoms with Crippen LogP contribution in [-0.2, 0) is 4.74 Å². The lowest BCUT2D eigenvalue weighted by Crippen LogP contribution is -2.17. The summed E-state index contributed by atoms with van der Waals surface area (Å²) in [6.07, 6.45) is -3.21. The maximum atomic E-state index is 12.4. The Morgan fingerprint density at radius 3 is 2.76 bits per heavy atom. The molecule has 0 spiro atoms. The lowest BCUT2D eigenvalue weighted by atomic mass is 10.2. The predicted molar refractivity (Wildman–Crippen MR) is 74.6 cm³/mol. The van der Waals surface area contributed by atoms with Crippen molar-refractivity contribution in [2.24, 2.45) is 0 Å². The van der Waals surface area contributed by atoms with E-state index in [1.807, 2.05) is 0 Å². The standard InChI is InChI=1S/C13H13F3N2O2S/c1-19-7-6-17-12-18-8-11(21-12)9-4-2-3-5-10(9)20-13(14,15)16/h2-5,8H,6-7H2,1H3,(H,17,18). The molecule has 114 valence electrons. The van der Waals surface area contributed by atoms with Crippen LogP contribution in [0, 0.1) is 0 Å². The summed E-state index contributed by atoms with van der Waals surface area (Å²) in [7, 11) is 1.58. The highest BCUT2D eigenvalue weighted by Gasteiger charge is 2.32. The van der Waals surface area contributed by atoms with Crippen molar-refractivity contribution < 1.29 is 22.6 Å². The van der Waals surface area contributed by atoms with Crippen LogP contribution in [0.15, 0.2) is 30.5 Å². The SMILES string of the molecule is COCCNc1ncc(-c2ccccc2OC(F)(F)F)s1. The normalized spacial score (nSPS) is 11.4. The van der Waals surface area contributed by atoms with Crippen LogP contribution in [0.5, 0.6) is 5.75 Å². The van der Waals surface area contributed by atoms with Gasteiger partial charge in [-0.05, 0) is 12.1 Å². The minimum Gasteiger partial charge on any atom is -0.405 e. The number of para-hydroxylation sites is 1. The first-order valence-corrected chi connectivity index (χ1v) is 6.85. The van der Waals surface area contributed by atoms with Crippen LogP contribution in [0.25, 0.3) is 10.4 Å². The van der Waals surface area contributed by atoms with E-state index in [9.17, 15) is 13.2 Å². The van der Waals surface area contributed by atoms with Gasteiger partial charge in [-0.15, -0.1) is 13.2 Å². The van der Waals surface area contributed by atoms with E-state index < -0.39 is 6.36 Å². The molecule has 0 aliphatic heterocycles. The van der Waals surface area contributed by atoms with Crippen LogP contribution >= 0.6 is 11.3 Å². The first-order valence-electron chi connectivity index (χ1n) is 6.03. The van der Waals surface area contributed by atoms with Crippen LogP contribution in [-0.4, -0.2) is 31.6 Å². The second-order valence-electron chi connectivity index (χ2n) is 3.99. The number of methoxy groups -OCH3 is 1. The molecule has 0 aliphatic carbocycles. The van der Waals surface area contributed by atoms with Gasteiger partial charge in [0.15, 0.2) is 5.13 Å². The molecule has 1 heterocycles. The first kappa shape index (κ1) is 15.6. The number of halogens is 3. The average Bonchev–Trinajstić information content (AvgIpc) is 2.86. The van der Waals surface area contributed by atoms with Gasteiger partial charge in [-0.1, -0.05) is 23.5 Å². The third-order valence-corrected chi connectivity index (χ3v) is 3.45. The summed E-state index contributed by atoms with van der Waals surface area (Å²) >= 11 is 1.25. The van der Waals surface area contributed by atoms with E-state index in [0.717, 1.165) is 0 Å². The number of alkyl halides is 3. The number of aromatic nitrogens is 1. The number of nitrogens with zero attached hydrogens (tertiary/aromatic N) is 1. The summed E-state index contributed by atoms with van der Waals surface area (Å²) in [5, 5.41) is 3.64. The Morgan fingerprint density at radius 1 is 1.29 bits per heavy atom. The Balaban J connectivity index is 2.18. The lowest BCUT2D eigenvalue weighted by Gasteiger charge is -2.11. The molecule has 1 aromatic heterocycles. The van der Waals surface area contributed by atoms with Gasteiger partial charge in [-0.3, -0.25) is 0 Å². The van der Waals surface area contributed by atoms with E-state index in [2.05, 4.69) is 15.0 Å². The van der Waals surface area contributed by atoms with E-state index in [1.165, 1.54) is 29.7 Å². The minimum absolute atomic E-state index is 0.239. The van der Waals surface area contributed by atoms with Crippen LogP contribution < -0.4 is 10.1 Å². The fraction of sp³-hybridized carbons (Fsp3) is 0.308. The average molecular weight is 318 g/mol. The number of thiazole rings is 1. The number of rotatable bonds is 6. The van der Waals surface area contributed by atoms with Crippen LogP contribution in [0.2, 0.25) is 0 Å². The number of hydrogen-bond donors (Lipinski definition) is 1. The highest BCUT2D eigenvalue weighted by molar-refractivity contribution is 7.18. The van der Waals surface area contributed by atoms with Gasteiger partial charge in [0.25, 0.3) is 0 Å². The van der Waals surface area contributed by atoms with Crippen molar-refractivity contribution in [3.8, 4) is 16.2 Å². The van der Waals surface area contributed by atoms with Crippen LogP contribution in [0.3, 0.4) is 0 Å². The molecular weight excluding hydrogens is 305 g/mol. The van der Waals surface area contributed by atoms with Crippen molar-refractivity contribution in [2.45, 2.75) is 6.36 Å². The highest BCUT2D eigenvalue weighted by Crippen LogP contribution is 2.37. The molecule has 0 atom stereocenters. The van der Waals surface area contributed by atoms with Gasteiger partial charge in [0.2, 0.25) is 0 Å². The van der Waals surface area contributed by atoms with Crippen molar-refractivity contribution in [1.82, 2.24) is 4.98 Å². The Bertz CT molecular complexity index is 587. The third kappa shape index (κ3) is 4.61. The Kier molecular flexibility index (Phi) is 5.03. The van der Waals surface area contributed by atoms with Gasteiger partial charge in [-0.25, -0.2) is 4.98 Å². The van der Waals surface area contributed by atoms with E-state index >= 15 is 0 Å². The molecule has 2 aromatic rings. The van der Waals surface area contributed by atoms with E-state index in [1.54, 1.807) is 19.2 Å². The van der Waals surface area contributed by atoms with Crippen molar-refractivity contribution in [1.29, 1.82) is 0 Å². The fourth-order valence-corrected chi connectivity index (χ4v) is 2.50. The molecule has 21 heavy (non-hydrogen) atoms. The summed E-state index contributed by atoms with van der Waals surface area (Å²) in [6, 6.07) is 5.98. The van der Waals surface area contributed by atoms with Crippen molar-refractivity contribution in [3.05, 3.63) is 30.5 Å². The molecule has 0 unspecified atom stereocenters. The largest absolute Gasteiger partial charge is 0.573 e. The smallest absolute Gasteiger partial charge is 0.405 e. The molecule has 0 bridgehead atoms. The van der Waals surface area contributed by atoms with Gasteiger partial charge >= 0.3 is 6.36 Å². The maximum absolute atomic E-state index is 12.4. The summed E-state index contributed by atoms with van der Waals surface area (Å²) < 4.78 is 46.1. The van der Waals surface area contributed by atoms with E-state index in [-0.39, 0.29) is 5.75 Å². The summed E-state index contributed by atoms with van der Waals surface area (Å²) in [5.41, 5.74) is 0.354. The number of hydrogen-bond acceptors (Lipinski definition) is 5. The minimum atomic E-state index is -4.72. The summed E-state index contributed by atoms with van der Waals surface area (Å²) in [4.78, 5) is 4.71. The van der Waals surface area contributed by atoms with Gasteiger partial charge < -0.3 is 14.8 Å². The molecule has 8 heteroatoms. The van der Waals surface area contributed by atoms with Crippen molar-refractivity contribution in [2.75, 3.05) is 25.6 Å². The zero-order chi connectivity index (χ0) is 15.3. The zero-order valence-electron chi connectivity index (χ0n) is 11.1. The fourth-order valence-electron chi connectivity index (χ4n) is 1.62. The number of ether oxygens (including phenoxy) is 2. The molecule has 0 radical (unpaired) electrons. The Hall–Kier alpha value is -1.80. The number of nitrogens with one attached hydrogen (secondary N) is 1. The highest BCUT2D eigenvalue weighted by atomic mass is 32.1. The molecule has 2 rings (SSSR count). The molecule has 0 saturated carbocycles. The van der Waals surface area contributed by atoms with Crippen LogP contribution in [0.1, 0.15) is 0 Å². The first-order chi connectivity index (χ1) is 9.99. The second-order valence-corrected chi connectivity index (χ2v) is 5.02. The van der Waals surface area contributed by atoms with E-state index in [0.29, 0.717) is 28.7 Å². The molecule has 0 amide bonds. The monoisotopic (exact) mass is 318 g/mol. The molecule has 0 aliphatic rings. The van der Waals surface area contributed by atoms with Crippen molar-refractivity contribution in [3.63, 3.8) is 0 Å². The molecule has 1 N–H and O–H groups in total. The van der Waals surface area contributed by atoms with Gasteiger partial charge in [0, 0.05) is 25.4 Å². The van der Waals surface area contributed by atoms with Gasteiger partial charge in [0.05, 0.1) is 11.5 Å². The van der Waals surface area contributed by atoms with Crippen molar-refractivity contribution >= 4 is 16.5 Å². The zero-order valence-corrected chi connectivity index (χ0v) is 11.9. The molecule has 4 nitrogen and oxygen atoms in total. The molecule has 1 aromatic carbocycles. The Labute approximate surface area is 123 Å². The lowest BCUT2D eigenvalue weighted by molar-refractivity contribution is -0.274. The maximum Gasteiger partial charge on any atom is 0.573 e. The van der Waals surface area contributed by atoms with Gasteiger partial charge in [-0.2, -0.15) is 0 Å². The topological polar surface area (TPSA) is 43.4 Å². The predicted octanol–water partition coefficient (Wildman–Crippen LogP) is 3.77.